The lowest BCUT2D eigenvalue weighted by atomic mass is 10.0. The highest BCUT2D eigenvalue weighted by atomic mass is 35.5. The molecule has 90 valence electrons. The van der Waals surface area contributed by atoms with Crippen molar-refractivity contribution >= 4 is 23.4 Å². The maximum absolute atomic E-state index is 5.79. The Morgan fingerprint density at radius 3 is 2.75 bits per heavy atom. The Balaban J connectivity index is 2.46. The fourth-order valence-corrected chi connectivity index (χ4v) is 2.69. The molecule has 0 amide bonds. The van der Waals surface area contributed by atoms with Gasteiger partial charge >= 0.3 is 0 Å². The molecule has 2 unspecified atom stereocenters. The second-order valence-electron chi connectivity index (χ2n) is 3.91. The van der Waals surface area contributed by atoms with Crippen LogP contribution in [0.15, 0.2) is 23.4 Å². The van der Waals surface area contributed by atoms with Gasteiger partial charge in [0.05, 0.1) is 10.0 Å². The second-order valence-corrected chi connectivity index (χ2v) is 5.38. The predicted octanol–water partition coefficient (Wildman–Crippen LogP) is 3.46. The first-order chi connectivity index (χ1) is 7.67. The van der Waals surface area contributed by atoms with E-state index in [9.17, 15) is 0 Å². The molecular weight excluding hydrogens is 240 g/mol. The molecule has 0 saturated heterocycles. The lowest BCUT2D eigenvalue weighted by Crippen LogP contribution is -2.34. The van der Waals surface area contributed by atoms with E-state index >= 15 is 0 Å². The molecular formula is C12H19ClN2S. The molecule has 0 fully saturated rings. The number of thioether (sulfide) groups is 1. The minimum absolute atomic E-state index is 0.535. The van der Waals surface area contributed by atoms with Gasteiger partial charge < -0.3 is 5.32 Å². The molecule has 2 atom stereocenters. The third-order valence-corrected chi connectivity index (χ3v) is 4.10. The van der Waals surface area contributed by atoms with E-state index in [1.165, 1.54) is 6.42 Å². The van der Waals surface area contributed by atoms with Crippen LogP contribution in [-0.4, -0.2) is 23.8 Å². The van der Waals surface area contributed by atoms with Gasteiger partial charge in [-0.15, -0.1) is 11.8 Å². The van der Waals surface area contributed by atoms with Crippen molar-refractivity contribution in [2.75, 3.05) is 12.8 Å². The maximum atomic E-state index is 5.79. The van der Waals surface area contributed by atoms with Crippen LogP contribution in [0.4, 0.5) is 0 Å². The summed E-state index contributed by atoms with van der Waals surface area (Å²) >= 11 is 7.56. The molecule has 16 heavy (non-hydrogen) atoms. The quantitative estimate of drug-likeness (QED) is 0.791. The molecule has 0 radical (unpaired) electrons. The Kier molecular flexibility index (Phi) is 6.17. The number of nitrogens with zero attached hydrogens (tertiary/aromatic N) is 1. The lowest BCUT2D eigenvalue weighted by Gasteiger charge is -2.21. The monoisotopic (exact) mass is 258 g/mol. The summed E-state index contributed by atoms with van der Waals surface area (Å²) < 4.78 is 0. The van der Waals surface area contributed by atoms with E-state index in [-0.39, 0.29) is 0 Å². The third kappa shape index (κ3) is 4.32. The van der Waals surface area contributed by atoms with E-state index < -0.39 is 0 Å². The van der Waals surface area contributed by atoms with Gasteiger partial charge in [0, 0.05) is 18.0 Å². The van der Waals surface area contributed by atoms with Crippen LogP contribution >= 0.6 is 23.4 Å². The van der Waals surface area contributed by atoms with E-state index in [1.54, 1.807) is 18.0 Å². The molecule has 4 heteroatoms. The van der Waals surface area contributed by atoms with Crippen LogP contribution in [-0.2, 0) is 0 Å². The summed E-state index contributed by atoms with van der Waals surface area (Å²) in [6.45, 7) is 4.50. The van der Waals surface area contributed by atoms with Crippen molar-refractivity contribution < 1.29 is 0 Å². The molecule has 0 bridgehead atoms. The topological polar surface area (TPSA) is 24.9 Å². The Bertz CT molecular complexity index is 302. The van der Waals surface area contributed by atoms with Gasteiger partial charge in [-0.2, -0.15) is 0 Å². The van der Waals surface area contributed by atoms with Gasteiger partial charge in [0.1, 0.15) is 0 Å². The highest BCUT2D eigenvalue weighted by Crippen LogP contribution is 2.20. The Morgan fingerprint density at radius 1 is 1.50 bits per heavy atom. The summed E-state index contributed by atoms with van der Waals surface area (Å²) in [6.07, 6.45) is 2.89. The van der Waals surface area contributed by atoms with Crippen molar-refractivity contribution in [2.24, 2.45) is 5.92 Å². The number of rotatable bonds is 6. The minimum Gasteiger partial charge on any atom is -0.316 e. The number of pyridine rings is 1. The zero-order valence-electron chi connectivity index (χ0n) is 10.0. The molecule has 0 saturated carbocycles. The number of nitrogens with one attached hydrogen (secondary N) is 1. The average molecular weight is 259 g/mol. The third-order valence-electron chi connectivity index (χ3n) is 2.81. The van der Waals surface area contributed by atoms with Gasteiger partial charge in [0.15, 0.2) is 0 Å². The number of hydrogen-bond donors (Lipinski definition) is 1. The molecule has 1 aromatic heterocycles. The standard InChI is InChI=1S/C12H19ClN2S/c1-4-9(2)11(14-3)8-16-12-6-5-10(13)7-15-12/h5-7,9,11,14H,4,8H2,1-3H3. The first-order valence-electron chi connectivity index (χ1n) is 5.59. The summed E-state index contributed by atoms with van der Waals surface area (Å²) in [5, 5.41) is 5.09. The van der Waals surface area contributed by atoms with Gasteiger partial charge in [0.25, 0.3) is 0 Å². The normalized spacial score (nSPS) is 14.8. The largest absolute Gasteiger partial charge is 0.316 e. The summed E-state index contributed by atoms with van der Waals surface area (Å²) in [5.74, 6) is 1.73. The summed E-state index contributed by atoms with van der Waals surface area (Å²) in [5.41, 5.74) is 0. The van der Waals surface area contributed by atoms with Crippen LogP contribution in [0.2, 0.25) is 5.02 Å². The number of halogens is 1. The zero-order valence-corrected chi connectivity index (χ0v) is 11.6. The minimum atomic E-state index is 0.535. The molecule has 0 aromatic carbocycles. The summed E-state index contributed by atoms with van der Waals surface area (Å²) in [6, 6.07) is 4.39. The van der Waals surface area contributed by atoms with Gasteiger partial charge in [-0.25, -0.2) is 4.98 Å². The maximum Gasteiger partial charge on any atom is 0.0961 e. The molecule has 1 rings (SSSR count). The van der Waals surface area contributed by atoms with Crippen LogP contribution in [0.5, 0.6) is 0 Å². The molecule has 0 aliphatic heterocycles. The molecule has 1 heterocycles. The second kappa shape index (κ2) is 7.15. The average Bonchev–Trinajstić information content (AvgIpc) is 2.31. The molecule has 2 nitrogen and oxygen atoms in total. The van der Waals surface area contributed by atoms with Crippen molar-refractivity contribution in [1.29, 1.82) is 0 Å². The Morgan fingerprint density at radius 2 is 2.25 bits per heavy atom. The van der Waals surface area contributed by atoms with E-state index in [0.717, 1.165) is 10.8 Å². The molecule has 0 spiro atoms. The molecule has 1 aromatic rings. The summed E-state index contributed by atoms with van der Waals surface area (Å²) in [4.78, 5) is 4.27. The highest BCUT2D eigenvalue weighted by molar-refractivity contribution is 7.99. The van der Waals surface area contributed by atoms with Gasteiger partial charge in [-0.3, -0.25) is 0 Å². The fourth-order valence-electron chi connectivity index (χ4n) is 1.44. The zero-order chi connectivity index (χ0) is 12.0. The van der Waals surface area contributed by atoms with Crippen molar-refractivity contribution in [3.8, 4) is 0 Å². The van der Waals surface area contributed by atoms with Crippen molar-refractivity contribution in [3.05, 3.63) is 23.4 Å². The van der Waals surface area contributed by atoms with E-state index in [0.29, 0.717) is 17.0 Å². The van der Waals surface area contributed by atoms with Crippen LogP contribution in [0.3, 0.4) is 0 Å². The number of hydrogen-bond acceptors (Lipinski definition) is 3. The van der Waals surface area contributed by atoms with Crippen molar-refractivity contribution in [1.82, 2.24) is 10.3 Å². The first kappa shape index (κ1) is 13.8. The van der Waals surface area contributed by atoms with Gasteiger partial charge in [-0.1, -0.05) is 31.9 Å². The smallest absolute Gasteiger partial charge is 0.0961 e. The van der Waals surface area contributed by atoms with Crippen LogP contribution in [0, 0.1) is 5.92 Å². The first-order valence-corrected chi connectivity index (χ1v) is 6.95. The van der Waals surface area contributed by atoms with Crippen LogP contribution in [0.1, 0.15) is 20.3 Å². The number of aromatic nitrogens is 1. The van der Waals surface area contributed by atoms with E-state index in [1.807, 2.05) is 19.2 Å². The highest BCUT2D eigenvalue weighted by Gasteiger charge is 2.13. The Labute approximate surface area is 107 Å². The van der Waals surface area contributed by atoms with Crippen LogP contribution < -0.4 is 5.32 Å². The van der Waals surface area contributed by atoms with Gasteiger partial charge in [0.2, 0.25) is 0 Å². The van der Waals surface area contributed by atoms with Crippen LogP contribution in [0.25, 0.3) is 0 Å². The lowest BCUT2D eigenvalue weighted by molar-refractivity contribution is 0.420. The SMILES string of the molecule is CCC(C)C(CSc1ccc(Cl)cn1)NC. The Hall–Kier alpha value is -0.250. The molecule has 0 aliphatic rings. The fraction of sp³-hybridized carbons (Fsp3) is 0.583. The molecule has 1 N–H and O–H groups in total. The van der Waals surface area contributed by atoms with Gasteiger partial charge in [-0.05, 0) is 25.1 Å². The summed E-state index contributed by atoms with van der Waals surface area (Å²) in [7, 11) is 2.02. The predicted molar refractivity (Wildman–Crippen MR) is 72.3 cm³/mol. The molecule has 0 aliphatic carbocycles. The van der Waals surface area contributed by atoms with Crippen molar-refractivity contribution in [2.45, 2.75) is 31.3 Å². The van der Waals surface area contributed by atoms with Crippen molar-refractivity contribution in [3.63, 3.8) is 0 Å². The van der Waals surface area contributed by atoms with E-state index in [2.05, 4.69) is 24.1 Å². The van der Waals surface area contributed by atoms with E-state index in [4.69, 9.17) is 11.6 Å².